The number of nitrogens with zero attached hydrogens (tertiary/aromatic N) is 6. The number of fused-ring (bicyclic) bond motifs is 1. The van der Waals surface area contributed by atoms with E-state index in [2.05, 4.69) is 14.9 Å². The zero-order chi connectivity index (χ0) is 23.9. The molecular weight excluding hydrogens is 464 g/mol. The maximum atomic E-state index is 12.3. The van der Waals surface area contributed by atoms with Crippen molar-refractivity contribution in [2.45, 2.75) is 58.0 Å². The Morgan fingerprint density at radius 1 is 1.09 bits per heavy atom. The van der Waals surface area contributed by atoms with Crippen molar-refractivity contribution in [2.24, 2.45) is 0 Å². The highest BCUT2D eigenvalue weighted by atomic mass is 35.5. The normalized spacial score (nSPS) is 22.1. The van der Waals surface area contributed by atoms with E-state index >= 15 is 0 Å². The molecule has 186 valence electrons. The van der Waals surface area contributed by atoms with Gasteiger partial charge in [-0.1, -0.05) is 0 Å². The molecule has 11 nitrogen and oxygen atoms in total. The minimum atomic E-state index is -0.539. The molecular formula is C22H31ClN6O5. The van der Waals surface area contributed by atoms with Gasteiger partial charge in [0.05, 0.1) is 26.3 Å². The minimum Gasteiger partial charge on any atom is -0.457 e. The first-order valence-corrected chi connectivity index (χ1v) is 12.2. The van der Waals surface area contributed by atoms with E-state index in [0.717, 1.165) is 19.3 Å². The van der Waals surface area contributed by atoms with E-state index in [0.29, 0.717) is 69.0 Å². The molecule has 0 bridgehead atoms. The zero-order valence-electron chi connectivity index (χ0n) is 19.8. The van der Waals surface area contributed by atoms with Crippen LogP contribution in [0.2, 0.25) is 5.28 Å². The van der Waals surface area contributed by atoms with Crippen molar-refractivity contribution in [2.75, 3.05) is 50.9 Å². The highest BCUT2D eigenvalue weighted by Gasteiger charge is 2.37. The first kappa shape index (κ1) is 23.4. The summed E-state index contributed by atoms with van der Waals surface area (Å²) in [6.07, 6.45) is 2.08. The molecule has 0 radical (unpaired) electrons. The second-order valence-electron chi connectivity index (χ2n) is 9.80. The van der Waals surface area contributed by atoms with Gasteiger partial charge in [-0.3, -0.25) is 4.57 Å². The lowest BCUT2D eigenvalue weighted by Crippen LogP contribution is -2.57. The third-order valence-electron chi connectivity index (χ3n) is 5.99. The van der Waals surface area contributed by atoms with Gasteiger partial charge >= 0.3 is 12.1 Å². The molecule has 12 heteroatoms. The van der Waals surface area contributed by atoms with Crippen LogP contribution >= 0.6 is 11.6 Å². The molecule has 3 saturated heterocycles. The van der Waals surface area contributed by atoms with Crippen LogP contribution in [-0.4, -0.2) is 88.2 Å². The predicted octanol–water partition coefficient (Wildman–Crippen LogP) is 3.01. The number of morpholine rings is 1. The summed E-state index contributed by atoms with van der Waals surface area (Å²) in [6, 6.07) is 0.404. The molecule has 1 amide bonds. The molecule has 0 aliphatic carbocycles. The molecule has 2 aromatic rings. The van der Waals surface area contributed by atoms with Gasteiger partial charge in [-0.25, -0.2) is 4.79 Å². The fraction of sp³-hybridized carbons (Fsp3) is 0.727. The lowest BCUT2D eigenvalue weighted by Gasteiger charge is -2.39. The summed E-state index contributed by atoms with van der Waals surface area (Å²) in [6.45, 7) is 9.67. The van der Waals surface area contributed by atoms with Crippen molar-refractivity contribution < 1.29 is 23.7 Å². The van der Waals surface area contributed by atoms with E-state index in [1.165, 1.54) is 0 Å². The summed E-state index contributed by atoms with van der Waals surface area (Å²) in [4.78, 5) is 29.9. The number of ether oxygens (including phenoxy) is 4. The minimum absolute atomic E-state index is 0.150. The van der Waals surface area contributed by atoms with Crippen molar-refractivity contribution in [1.82, 2.24) is 24.4 Å². The Kier molecular flexibility index (Phi) is 6.43. The van der Waals surface area contributed by atoms with Crippen molar-refractivity contribution in [3.8, 4) is 6.01 Å². The third-order valence-corrected chi connectivity index (χ3v) is 6.16. The summed E-state index contributed by atoms with van der Waals surface area (Å²) in [7, 11) is 0. The molecule has 0 spiro atoms. The van der Waals surface area contributed by atoms with Gasteiger partial charge in [0.1, 0.15) is 17.9 Å². The number of halogens is 1. The number of likely N-dealkylation sites (tertiary alicyclic amines) is 1. The Morgan fingerprint density at radius 2 is 1.85 bits per heavy atom. The molecule has 3 fully saturated rings. The second-order valence-corrected chi connectivity index (χ2v) is 10.1. The third kappa shape index (κ3) is 4.87. The fourth-order valence-electron chi connectivity index (χ4n) is 4.32. The summed E-state index contributed by atoms with van der Waals surface area (Å²) < 4.78 is 25.2. The van der Waals surface area contributed by atoms with E-state index < -0.39 is 5.60 Å². The molecule has 3 aliphatic rings. The van der Waals surface area contributed by atoms with Gasteiger partial charge in [0, 0.05) is 19.7 Å². The van der Waals surface area contributed by atoms with Crippen molar-refractivity contribution >= 4 is 34.7 Å². The van der Waals surface area contributed by atoms with Gasteiger partial charge in [0.2, 0.25) is 5.28 Å². The first-order valence-electron chi connectivity index (χ1n) is 11.8. The molecule has 2 aromatic heterocycles. The number of hydrogen-bond acceptors (Lipinski definition) is 9. The van der Waals surface area contributed by atoms with Gasteiger partial charge in [-0.05, 0) is 51.6 Å². The summed E-state index contributed by atoms with van der Waals surface area (Å²) >= 11 is 6.35. The SMILES string of the molecule is CC(C)(C)OC(=O)N1CC(Oc2nc3c(N4CCOCC4)nc(Cl)nc3n2C2CCCCO2)C1. The van der Waals surface area contributed by atoms with E-state index in [-0.39, 0.29) is 23.7 Å². The van der Waals surface area contributed by atoms with E-state index in [1.54, 1.807) is 4.90 Å². The van der Waals surface area contributed by atoms with Crippen LogP contribution in [-0.2, 0) is 14.2 Å². The Labute approximate surface area is 203 Å². The Hall–Kier alpha value is -2.37. The topological polar surface area (TPSA) is 104 Å². The Morgan fingerprint density at radius 3 is 2.53 bits per heavy atom. The molecule has 0 N–H and O–H groups in total. The fourth-order valence-corrected chi connectivity index (χ4v) is 4.48. The van der Waals surface area contributed by atoms with Gasteiger partial charge in [0.25, 0.3) is 0 Å². The number of hydrogen-bond donors (Lipinski definition) is 0. The quantitative estimate of drug-likeness (QED) is 0.593. The summed E-state index contributed by atoms with van der Waals surface area (Å²) in [5.41, 5.74) is 0.675. The van der Waals surface area contributed by atoms with E-state index in [9.17, 15) is 4.79 Å². The van der Waals surface area contributed by atoms with Crippen LogP contribution in [0.25, 0.3) is 11.2 Å². The van der Waals surface area contributed by atoms with Gasteiger partial charge < -0.3 is 28.7 Å². The average molecular weight is 495 g/mol. The number of carbonyl (C=O) groups is 1. The van der Waals surface area contributed by atoms with Crippen molar-refractivity contribution in [3.63, 3.8) is 0 Å². The van der Waals surface area contributed by atoms with Crippen molar-refractivity contribution in [1.29, 1.82) is 0 Å². The van der Waals surface area contributed by atoms with Gasteiger partial charge in [-0.2, -0.15) is 15.0 Å². The maximum absolute atomic E-state index is 12.3. The van der Waals surface area contributed by atoms with Gasteiger partial charge in [0.15, 0.2) is 17.0 Å². The summed E-state index contributed by atoms with van der Waals surface area (Å²) in [5.74, 6) is 0.668. The maximum Gasteiger partial charge on any atom is 0.410 e. The van der Waals surface area contributed by atoms with Gasteiger partial charge in [-0.15, -0.1) is 0 Å². The number of anilines is 1. The number of rotatable bonds is 4. The van der Waals surface area contributed by atoms with Crippen LogP contribution in [0.4, 0.5) is 10.6 Å². The lowest BCUT2D eigenvalue weighted by atomic mass is 10.2. The molecule has 5 rings (SSSR count). The molecule has 1 unspecified atom stereocenters. The Balaban J connectivity index is 1.43. The van der Waals surface area contributed by atoms with E-state index in [1.807, 2.05) is 25.3 Å². The number of amides is 1. The summed E-state index contributed by atoms with van der Waals surface area (Å²) in [5, 5.41) is 0.150. The Bertz CT molecular complexity index is 1040. The largest absolute Gasteiger partial charge is 0.457 e. The standard InChI is InChI=1S/C22H31ClN6O5/c1-22(2,3)34-21(30)28-12-14(13-28)33-20-24-16-17(27-7-10-31-11-8-27)25-19(23)26-18(16)29(20)15-6-4-5-9-32-15/h14-15H,4-13H2,1-3H3. The first-order chi connectivity index (χ1) is 16.3. The second kappa shape index (κ2) is 9.35. The molecule has 3 aliphatic heterocycles. The van der Waals surface area contributed by atoms with Crippen LogP contribution in [0, 0.1) is 0 Å². The predicted molar refractivity (Wildman–Crippen MR) is 124 cm³/mol. The zero-order valence-corrected chi connectivity index (χ0v) is 20.6. The molecule has 0 saturated carbocycles. The number of imidazole rings is 1. The molecule has 5 heterocycles. The van der Waals surface area contributed by atoms with Crippen LogP contribution in [0.5, 0.6) is 6.01 Å². The molecule has 0 aromatic carbocycles. The van der Waals surface area contributed by atoms with E-state index in [4.69, 9.17) is 35.5 Å². The van der Waals surface area contributed by atoms with Crippen LogP contribution in [0.3, 0.4) is 0 Å². The monoisotopic (exact) mass is 494 g/mol. The number of aromatic nitrogens is 4. The lowest BCUT2D eigenvalue weighted by molar-refractivity contribution is -0.0476. The van der Waals surface area contributed by atoms with Crippen LogP contribution in [0.1, 0.15) is 46.3 Å². The highest BCUT2D eigenvalue weighted by Crippen LogP contribution is 2.36. The molecule has 34 heavy (non-hydrogen) atoms. The number of carbonyl (C=O) groups excluding carboxylic acids is 1. The average Bonchev–Trinajstić information content (AvgIpc) is 3.13. The van der Waals surface area contributed by atoms with Crippen LogP contribution < -0.4 is 9.64 Å². The van der Waals surface area contributed by atoms with Crippen LogP contribution in [0.15, 0.2) is 0 Å². The smallest absolute Gasteiger partial charge is 0.410 e. The highest BCUT2D eigenvalue weighted by molar-refractivity contribution is 6.28. The molecule has 1 atom stereocenters. The van der Waals surface area contributed by atoms with Crippen molar-refractivity contribution in [3.05, 3.63) is 5.28 Å².